The zero-order valence-corrected chi connectivity index (χ0v) is 7.16. The van der Waals surface area contributed by atoms with Crippen LogP contribution < -0.4 is 10.1 Å². The first kappa shape index (κ1) is 7.62. The monoisotopic (exact) mass is 162 g/mol. The molecule has 0 unspecified atom stereocenters. The lowest BCUT2D eigenvalue weighted by molar-refractivity contribution is 0.0318. The van der Waals surface area contributed by atoms with E-state index in [4.69, 9.17) is 4.74 Å². The molecular weight excluding hydrogens is 150 g/mol. The Balaban J connectivity index is 2.04. The highest BCUT2D eigenvalue weighted by Crippen LogP contribution is 2.21. The molecule has 1 heterocycles. The molecule has 0 saturated carbocycles. The van der Waals surface area contributed by atoms with Crippen molar-refractivity contribution in [3.05, 3.63) is 30.3 Å². The molecule has 0 bridgehead atoms. The third-order valence-corrected chi connectivity index (χ3v) is 2.00. The van der Waals surface area contributed by atoms with Crippen LogP contribution in [0.5, 0.6) is 5.75 Å². The normalized spacial score (nSPS) is 19.8. The quantitative estimate of drug-likeness (QED) is 0.645. The number of para-hydroxylation sites is 1. The minimum atomic E-state index is -0.0403. The van der Waals surface area contributed by atoms with Crippen LogP contribution in [0, 0.1) is 0 Å². The lowest BCUT2D eigenvalue weighted by Crippen LogP contribution is -2.57. The van der Waals surface area contributed by atoms with Gasteiger partial charge in [0.2, 0.25) is 0 Å². The average molecular weight is 162 g/mol. The molecule has 63 valence electrons. The molecule has 1 saturated heterocycles. The second-order valence-electron chi connectivity index (χ2n) is 3.40. The van der Waals surface area contributed by atoms with Crippen molar-refractivity contribution >= 4 is 0 Å². The molecule has 0 amide bonds. The molecule has 0 aromatic heterocycles. The maximum Gasteiger partial charge on any atom is 0.134 e. The third-order valence-electron chi connectivity index (χ3n) is 2.00. The smallest absolute Gasteiger partial charge is 0.134 e. The molecule has 2 heteroatoms. The Hall–Kier alpha value is -1.02. The fourth-order valence-electron chi connectivity index (χ4n) is 1.26. The highest BCUT2D eigenvalue weighted by molar-refractivity contribution is 5.22. The van der Waals surface area contributed by atoms with Gasteiger partial charge in [-0.1, -0.05) is 18.2 Å². The number of nitrogens with zero attached hydrogens (tertiary/aromatic N) is 1. The van der Waals surface area contributed by atoms with Crippen LogP contribution in [0.4, 0.5) is 0 Å². The first-order chi connectivity index (χ1) is 5.79. The molecule has 0 atom stereocenters. The van der Waals surface area contributed by atoms with Crippen LogP contribution in [0.1, 0.15) is 6.92 Å². The lowest BCUT2D eigenvalue weighted by Gasteiger charge is -2.37. The van der Waals surface area contributed by atoms with Crippen molar-refractivity contribution in [3.8, 4) is 5.75 Å². The fourth-order valence-corrected chi connectivity index (χ4v) is 1.26. The Kier molecular flexibility index (Phi) is 1.77. The summed E-state index contributed by atoms with van der Waals surface area (Å²) in [6.45, 7) is 3.73. The Morgan fingerprint density at radius 1 is 1.25 bits per heavy atom. The summed E-state index contributed by atoms with van der Waals surface area (Å²) in [6, 6.07) is 9.90. The maximum absolute atomic E-state index is 5.74. The topological polar surface area (TPSA) is 23.3 Å². The van der Waals surface area contributed by atoms with Crippen LogP contribution in [0.25, 0.3) is 0 Å². The van der Waals surface area contributed by atoms with Crippen molar-refractivity contribution in [1.29, 1.82) is 0 Å². The minimum absolute atomic E-state index is 0.0403. The first-order valence-electron chi connectivity index (χ1n) is 4.16. The summed E-state index contributed by atoms with van der Waals surface area (Å²) >= 11 is 0. The first-order valence-corrected chi connectivity index (χ1v) is 4.16. The van der Waals surface area contributed by atoms with Crippen molar-refractivity contribution in [3.63, 3.8) is 0 Å². The fraction of sp³-hybridized carbons (Fsp3) is 0.400. The molecule has 0 N–H and O–H groups in total. The van der Waals surface area contributed by atoms with E-state index in [1.807, 2.05) is 30.3 Å². The highest BCUT2D eigenvalue weighted by Gasteiger charge is 2.34. The molecule has 1 aromatic rings. The zero-order valence-electron chi connectivity index (χ0n) is 7.16. The van der Waals surface area contributed by atoms with Gasteiger partial charge in [-0.05, 0) is 19.1 Å². The third kappa shape index (κ3) is 1.43. The van der Waals surface area contributed by atoms with Gasteiger partial charge in [-0.2, -0.15) is 0 Å². The van der Waals surface area contributed by atoms with Gasteiger partial charge in [0, 0.05) is 0 Å². The molecule has 1 aliphatic heterocycles. The molecule has 1 radical (unpaired) electrons. The predicted octanol–water partition coefficient (Wildman–Crippen LogP) is 1.44. The summed E-state index contributed by atoms with van der Waals surface area (Å²) in [6.07, 6.45) is 0. The van der Waals surface area contributed by atoms with Gasteiger partial charge in [0.05, 0.1) is 13.1 Å². The summed E-state index contributed by atoms with van der Waals surface area (Å²) in [5, 5.41) is 4.14. The molecule has 1 aliphatic rings. The largest absolute Gasteiger partial charge is 0.485 e. The highest BCUT2D eigenvalue weighted by atomic mass is 16.5. The number of benzene rings is 1. The van der Waals surface area contributed by atoms with Crippen LogP contribution in [0.2, 0.25) is 0 Å². The molecule has 2 nitrogen and oxygen atoms in total. The van der Waals surface area contributed by atoms with E-state index in [1.165, 1.54) is 0 Å². The van der Waals surface area contributed by atoms with E-state index in [0.717, 1.165) is 18.8 Å². The van der Waals surface area contributed by atoms with Gasteiger partial charge in [0.25, 0.3) is 0 Å². The van der Waals surface area contributed by atoms with Crippen molar-refractivity contribution in [2.24, 2.45) is 0 Å². The van der Waals surface area contributed by atoms with E-state index in [-0.39, 0.29) is 5.60 Å². The van der Waals surface area contributed by atoms with Crippen molar-refractivity contribution in [2.75, 3.05) is 13.1 Å². The van der Waals surface area contributed by atoms with Crippen molar-refractivity contribution in [2.45, 2.75) is 12.5 Å². The van der Waals surface area contributed by atoms with Gasteiger partial charge in [-0.15, -0.1) is 0 Å². The number of rotatable bonds is 2. The molecule has 1 aromatic carbocycles. The van der Waals surface area contributed by atoms with Gasteiger partial charge >= 0.3 is 0 Å². The van der Waals surface area contributed by atoms with Gasteiger partial charge < -0.3 is 4.74 Å². The summed E-state index contributed by atoms with van der Waals surface area (Å²) in [5.74, 6) is 0.940. The summed E-state index contributed by atoms with van der Waals surface area (Å²) in [7, 11) is 0. The average Bonchev–Trinajstić information content (AvgIpc) is 2.04. The van der Waals surface area contributed by atoms with E-state index in [0.29, 0.717) is 0 Å². The van der Waals surface area contributed by atoms with Crippen LogP contribution >= 0.6 is 0 Å². The summed E-state index contributed by atoms with van der Waals surface area (Å²) in [4.78, 5) is 0. The minimum Gasteiger partial charge on any atom is -0.485 e. The van der Waals surface area contributed by atoms with Crippen molar-refractivity contribution in [1.82, 2.24) is 5.32 Å². The second-order valence-corrected chi connectivity index (χ2v) is 3.40. The van der Waals surface area contributed by atoms with Crippen LogP contribution in [0.15, 0.2) is 30.3 Å². The molecule has 0 spiro atoms. The lowest BCUT2D eigenvalue weighted by atomic mass is 10.00. The molecule has 1 fully saturated rings. The molecular formula is C10H12NO. The Morgan fingerprint density at radius 3 is 2.42 bits per heavy atom. The van der Waals surface area contributed by atoms with E-state index in [2.05, 4.69) is 12.2 Å². The Morgan fingerprint density at radius 2 is 1.92 bits per heavy atom. The summed E-state index contributed by atoms with van der Waals surface area (Å²) in [5.41, 5.74) is -0.0403. The number of hydrogen-bond donors (Lipinski definition) is 0. The predicted molar refractivity (Wildman–Crippen MR) is 47.3 cm³/mol. The maximum atomic E-state index is 5.74. The Bertz CT molecular complexity index is 254. The van der Waals surface area contributed by atoms with Gasteiger partial charge in [-0.25, -0.2) is 5.32 Å². The van der Waals surface area contributed by atoms with E-state index < -0.39 is 0 Å². The van der Waals surface area contributed by atoms with Crippen molar-refractivity contribution < 1.29 is 4.74 Å². The second kappa shape index (κ2) is 2.79. The number of hydrogen-bond acceptors (Lipinski definition) is 1. The van der Waals surface area contributed by atoms with Crippen LogP contribution in [-0.4, -0.2) is 18.7 Å². The van der Waals surface area contributed by atoms with Gasteiger partial charge in [0.15, 0.2) is 0 Å². The molecule has 2 rings (SSSR count). The molecule has 12 heavy (non-hydrogen) atoms. The Labute approximate surface area is 72.5 Å². The van der Waals surface area contributed by atoms with E-state index in [9.17, 15) is 0 Å². The van der Waals surface area contributed by atoms with Gasteiger partial charge in [0.1, 0.15) is 11.4 Å². The zero-order chi connectivity index (χ0) is 8.44. The molecule has 0 aliphatic carbocycles. The summed E-state index contributed by atoms with van der Waals surface area (Å²) < 4.78 is 5.74. The van der Waals surface area contributed by atoms with E-state index >= 15 is 0 Å². The standard InChI is InChI=1S/C10H12NO/c1-10(7-11-8-10)12-9-5-3-2-4-6-9/h2-6H,7-8H2,1H3. The SMILES string of the molecule is CC1(Oc2ccccc2)C[N]C1. The number of ether oxygens (including phenoxy) is 1. The van der Waals surface area contributed by atoms with E-state index in [1.54, 1.807) is 0 Å². The van der Waals surface area contributed by atoms with Crippen LogP contribution in [-0.2, 0) is 0 Å². The van der Waals surface area contributed by atoms with Gasteiger partial charge in [-0.3, -0.25) is 0 Å². The van der Waals surface area contributed by atoms with Crippen LogP contribution in [0.3, 0.4) is 0 Å².